The third-order valence-electron chi connectivity index (χ3n) is 9.03. The Kier molecular flexibility index (Phi) is 25.3. The fourth-order valence-electron chi connectivity index (χ4n) is 6.38. The van der Waals surface area contributed by atoms with Gasteiger partial charge in [0.2, 0.25) is 0 Å². The van der Waals surface area contributed by atoms with Gasteiger partial charge in [-0.25, -0.2) is 8.42 Å². The van der Waals surface area contributed by atoms with Crippen LogP contribution in [-0.4, -0.2) is 13.0 Å². The molecule has 0 radical (unpaired) electrons. The summed E-state index contributed by atoms with van der Waals surface area (Å²) in [6.45, 7) is 4.54. The van der Waals surface area contributed by atoms with Crippen molar-refractivity contribution in [2.45, 2.75) is 186 Å². The fourth-order valence-corrected chi connectivity index (χ4v) is 6.93. The van der Waals surface area contributed by atoms with Crippen LogP contribution in [0.3, 0.4) is 0 Å². The summed E-state index contributed by atoms with van der Waals surface area (Å²) in [6, 6.07) is 9.62. The maximum absolute atomic E-state index is 12.0. The number of benzene rings is 2. The van der Waals surface area contributed by atoms with Crippen LogP contribution in [0.15, 0.2) is 35.2 Å². The molecule has 0 fully saturated rings. The molecule has 2 aromatic carbocycles. The van der Waals surface area contributed by atoms with Crippen LogP contribution >= 0.6 is 0 Å². The molecule has 0 aromatic heterocycles. The molecule has 0 saturated carbocycles. The van der Waals surface area contributed by atoms with Gasteiger partial charge in [-0.15, -0.1) is 0 Å². The molecule has 0 amide bonds. The van der Waals surface area contributed by atoms with Crippen LogP contribution in [0.1, 0.15) is 179 Å². The number of fused-ring (bicyclic) bond motifs is 1. The van der Waals surface area contributed by atoms with Crippen LogP contribution in [0.2, 0.25) is 0 Å². The van der Waals surface area contributed by atoms with Gasteiger partial charge in [0.05, 0.1) is 4.90 Å². The maximum atomic E-state index is 12.0. The summed E-state index contributed by atoms with van der Waals surface area (Å²) in [5.41, 5.74) is 2.20. The number of aryl methyl sites for hydroxylation is 2. The van der Waals surface area contributed by atoms with E-state index in [9.17, 15) is 13.0 Å². The van der Waals surface area contributed by atoms with E-state index in [-0.39, 0.29) is 56.3 Å². The van der Waals surface area contributed by atoms with Crippen LogP contribution < -0.4 is 51.4 Å². The second-order valence-electron chi connectivity index (χ2n) is 12.8. The van der Waals surface area contributed by atoms with E-state index in [1.54, 1.807) is 12.1 Å². The van der Waals surface area contributed by atoms with Gasteiger partial charge in [-0.1, -0.05) is 173 Å². The molecule has 2 aromatic rings. The molecule has 0 N–H and O–H groups in total. The first-order chi connectivity index (χ1) is 20.5. The predicted molar refractivity (Wildman–Crippen MR) is 181 cm³/mol. The molecule has 3 nitrogen and oxygen atoms in total. The van der Waals surface area contributed by atoms with E-state index in [1.807, 2.05) is 0 Å². The average Bonchev–Trinajstić information content (AvgIpc) is 2.97. The minimum absolute atomic E-state index is 0. The Morgan fingerprint density at radius 3 is 1.26 bits per heavy atom. The number of rotatable bonds is 27. The van der Waals surface area contributed by atoms with Crippen molar-refractivity contribution in [1.29, 1.82) is 0 Å². The monoisotopic (exact) mass is 638 g/mol. The number of hydrogen-bond acceptors (Lipinski definition) is 3. The van der Waals surface area contributed by atoms with Gasteiger partial charge in [0.1, 0.15) is 10.1 Å². The summed E-state index contributed by atoms with van der Waals surface area (Å²) in [5, 5.41) is 2.09. The Bertz CT molecular complexity index is 1070. The van der Waals surface area contributed by atoms with Gasteiger partial charge >= 0.3 is 51.4 Å². The minimum Gasteiger partial charge on any atom is -0.744 e. The molecule has 0 aliphatic rings. The second kappa shape index (κ2) is 26.3. The topological polar surface area (TPSA) is 57.2 Å². The molecular weight excluding hydrogens is 576 g/mol. The first-order valence-electron chi connectivity index (χ1n) is 18.0. The van der Waals surface area contributed by atoms with Gasteiger partial charge in [0, 0.05) is 0 Å². The summed E-state index contributed by atoms with van der Waals surface area (Å²) < 4.78 is 36.1. The summed E-state index contributed by atoms with van der Waals surface area (Å²) >= 11 is 0. The zero-order valence-corrected chi connectivity index (χ0v) is 32.3. The molecule has 0 spiro atoms. The quantitative estimate of drug-likeness (QED) is 0.0557. The zero-order valence-electron chi connectivity index (χ0n) is 28.4. The first kappa shape index (κ1) is 41.3. The predicted octanol–water partition coefficient (Wildman–Crippen LogP) is 9.24. The third-order valence-corrected chi connectivity index (χ3v) is 9.85. The second-order valence-corrected chi connectivity index (χ2v) is 14.2. The van der Waals surface area contributed by atoms with E-state index < -0.39 is 10.1 Å². The van der Waals surface area contributed by atoms with E-state index in [2.05, 4.69) is 32.0 Å². The number of unbranched alkanes of at least 4 members (excludes halogenated alkanes) is 22. The van der Waals surface area contributed by atoms with E-state index in [0.717, 1.165) is 48.4 Å². The Hall–Kier alpha value is 0.246. The molecule has 0 saturated heterocycles. The SMILES string of the molecule is CCCCCCCCCCCCCCc1cc(S(=O)(=O)[O-])cc2c(CCCCCCCCCCCCCC)cccc12.[K+]. The van der Waals surface area contributed by atoms with Crippen LogP contribution in [0.25, 0.3) is 10.8 Å². The van der Waals surface area contributed by atoms with Crippen LogP contribution in [0.5, 0.6) is 0 Å². The van der Waals surface area contributed by atoms with Crippen molar-refractivity contribution in [2.75, 3.05) is 0 Å². The Labute approximate surface area is 309 Å². The molecule has 5 heteroatoms. The van der Waals surface area contributed by atoms with Gasteiger partial charge in [-0.2, -0.15) is 0 Å². The van der Waals surface area contributed by atoms with Gasteiger partial charge in [0.25, 0.3) is 0 Å². The normalized spacial score (nSPS) is 11.7. The van der Waals surface area contributed by atoms with E-state index >= 15 is 0 Å². The van der Waals surface area contributed by atoms with Crippen molar-refractivity contribution in [3.63, 3.8) is 0 Å². The van der Waals surface area contributed by atoms with Crippen molar-refractivity contribution in [3.8, 4) is 0 Å². The van der Waals surface area contributed by atoms with E-state index in [1.165, 1.54) is 140 Å². The van der Waals surface area contributed by atoms with Crippen LogP contribution in [0, 0.1) is 0 Å². The van der Waals surface area contributed by atoms with Crippen molar-refractivity contribution in [2.24, 2.45) is 0 Å². The van der Waals surface area contributed by atoms with E-state index in [4.69, 9.17) is 0 Å². The Balaban J connectivity index is 0.00000924. The molecule has 43 heavy (non-hydrogen) atoms. The van der Waals surface area contributed by atoms with Crippen molar-refractivity contribution in [1.82, 2.24) is 0 Å². The smallest absolute Gasteiger partial charge is 0.744 e. The molecule has 0 atom stereocenters. The standard InChI is InChI=1S/C38H64O3S.K/c1-3-5-7-9-11-13-15-17-19-21-23-25-28-34-30-27-31-37-35(32-36(33-38(34)37)42(39,40)41)29-26-24-22-20-18-16-14-12-10-8-6-4-2;/h27,30-33H,3-26,28-29H2,1-2H3,(H,39,40,41);/q;+1/p-1. The number of hydrogen-bond donors (Lipinski definition) is 0. The van der Waals surface area contributed by atoms with Gasteiger partial charge in [-0.3, -0.25) is 0 Å². The van der Waals surface area contributed by atoms with Crippen molar-refractivity contribution >= 4 is 20.9 Å². The largest absolute Gasteiger partial charge is 1.00 e. The van der Waals surface area contributed by atoms with Crippen LogP contribution in [0.4, 0.5) is 0 Å². The Morgan fingerprint density at radius 2 is 0.860 bits per heavy atom. The summed E-state index contributed by atoms with van der Waals surface area (Å²) in [6.07, 6.45) is 33.2. The minimum atomic E-state index is -4.49. The molecular formula is C38H63KO3S. The zero-order chi connectivity index (χ0) is 30.3. The Morgan fingerprint density at radius 1 is 0.488 bits per heavy atom. The van der Waals surface area contributed by atoms with Crippen LogP contribution in [-0.2, 0) is 23.0 Å². The third kappa shape index (κ3) is 18.9. The molecule has 0 aliphatic heterocycles. The molecule has 0 bridgehead atoms. The molecule has 0 heterocycles. The molecule has 2 rings (SSSR count). The summed E-state index contributed by atoms with van der Waals surface area (Å²) in [7, 11) is -4.49. The first-order valence-corrected chi connectivity index (χ1v) is 19.4. The van der Waals surface area contributed by atoms with Gasteiger partial charge in [0.15, 0.2) is 0 Å². The molecule has 0 unspecified atom stereocenters. The summed E-state index contributed by atoms with van der Waals surface area (Å²) in [5.74, 6) is 0. The van der Waals surface area contributed by atoms with Crippen molar-refractivity contribution < 1.29 is 64.4 Å². The molecule has 0 aliphatic carbocycles. The fraction of sp³-hybridized carbons (Fsp3) is 0.737. The maximum Gasteiger partial charge on any atom is 1.00 e. The van der Waals surface area contributed by atoms with Crippen molar-refractivity contribution in [3.05, 3.63) is 41.5 Å². The summed E-state index contributed by atoms with van der Waals surface area (Å²) in [4.78, 5) is -0.0638. The van der Waals surface area contributed by atoms with E-state index in [0.29, 0.717) is 0 Å². The average molecular weight is 639 g/mol. The molecule has 240 valence electrons. The van der Waals surface area contributed by atoms with Gasteiger partial charge in [-0.05, 0) is 59.7 Å². The van der Waals surface area contributed by atoms with Gasteiger partial charge < -0.3 is 4.55 Å².